The van der Waals surface area contributed by atoms with Gasteiger partial charge in [0.2, 0.25) is 0 Å². The fraction of sp³-hybridized carbons (Fsp3) is 0.143. The molecule has 110 valence electrons. The van der Waals surface area contributed by atoms with Crippen molar-refractivity contribution >= 4 is 11.7 Å². The number of alkyl halides is 3. The van der Waals surface area contributed by atoms with Crippen molar-refractivity contribution in [1.82, 2.24) is 10.3 Å². The number of anilines is 1. The molecule has 0 bridgehead atoms. The monoisotopic (exact) mass is 295 g/mol. The summed E-state index contributed by atoms with van der Waals surface area (Å²) in [5.41, 5.74) is 0.396. The molecule has 0 aliphatic heterocycles. The summed E-state index contributed by atoms with van der Waals surface area (Å²) in [4.78, 5) is 15.5. The lowest BCUT2D eigenvalue weighted by Gasteiger charge is -2.09. The first-order chi connectivity index (χ1) is 9.95. The largest absolute Gasteiger partial charge is 0.416 e. The normalized spacial score (nSPS) is 11.0. The number of carbonyl (C=O) groups is 1. The fourth-order valence-corrected chi connectivity index (χ4v) is 1.60. The molecule has 4 nitrogen and oxygen atoms in total. The Labute approximate surface area is 119 Å². The van der Waals surface area contributed by atoms with Crippen LogP contribution in [0.15, 0.2) is 48.8 Å². The van der Waals surface area contributed by atoms with Gasteiger partial charge in [-0.3, -0.25) is 4.98 Å². The molecule has 0 aliphatic carbocycles. The number of urea groups is 1. The van der Waals surface area contributed by atoms with Crippen LogP contribution in [0.1, 0.15) is 11.1 Å². The van der Waals surface area contributed by atoms with Gasteiger partial charge in [0.25, 0.3) is 0 Å². The summed E-state index contributed by atoms with van der Waals surface area (Å²) in [7, 11) is 0. The molecule has 0 atom stereocenters. The molecule has 0 saturated carbocycles. The molecule has 2 N–H and O–H groups in total. The Morgan fingerprint density at radius 3 is 2.24 bits per heavy atom. The summed E-state index contributed by atoms with van der Waals surface area (Å²) in [5, 5.41) is 5.05. The Bertz CT molecular complexity index is 597. The van der Waals surface area contributed by atoms with Crippen molar-refractivity contribution in [3.05, 3.63) is 59.9 Å². The van der Waals surface area contributed by atoms with Crippen LogP contribution in [0.25, 0.3) is 0 Å². The van der Waals surface area contributed by atoms with Gasteiger partial charge >= 0.3 is 12.2 Å². The highest BCUT2D eigenvalue weighted by atomic mass is 19.4. The van der Waals surface area contributed by atoms with E-state index >= 15 is 0 Å². The molecule has 2 aromatic rings. The lowest BCUT2D eigenvalue weighted by atomic mass is 10.2. The van der Waals surface area contributed by atoms with Gasteiger partial charge in [0, 0.05) is 24.6 Å². The number of nitrogens with zero attached hydrogens (tertiary/aromatic N) is 1. The molecule has 1 aromatic heterocycles. The van der Waals surface area contributed by atoms with E-state index in [2.05, 4.69) is 15.6 Å². The van der Waals surface area contributed by atoms with Crippen molar-refractivity contribution in [3.8, 4) is 0 Å². The number of benzene rings is 1. The summed E-state index contributed by atoms with van der Waals surface area (Å²) in [6.45, 7) is 0.301. The van der Waals surface area contributed by atoms with Gasteiger partial charge in [-0.1, -0.05) is 0 Å². The molecule has 0 aliphatic rings. The second kappa shape index (κ2) is 6.25. The molecule has 0 unspecified atom stereocenters. The summed E-state index contributed by atoms with van der Waals surface area (Å²) >= 11 is 0. The van der Waals surface area contributed by atoms with Crippen molar-refractivity contribution in [2.24, 2.45) is 0 Å². The number of nitrogens with one attached hydrogen (secondary N) is 2. The molecule has 2 rings (SSSR count). The van der Waals surface area contributed by atoms with Crippen LogP contribution in [-0.2, 0) is 12.7 Å². The quantitative estimate of drug-likeness (QED) is 0.911. The van der Waals surface area contributed by atoms with Crippen molar-refractivity contribution in [2.75, 3.05) is 5.32 Å². The summed E-state index contributed by atoms with van der Waals surface area (Å²) in [5.74, 6) is 0. The van der Waals surface area contributed by atoms with Crippen LogP contribution >= 0.6 is 0 Å². The minimum absolute atomic E-state index is 0.287. The lowest BCUT2D eigenvalue weighted by Crippen LogP contribution is -2.28. The third-order valence-electron chi connectivity index (χ3n) is 2.67. The standard InChI is InChI=1S/C14H12F3N3O/c15-14(16,17)11-1-3-12(4-2-11)20-13(21)19-9-10-5-7-18-8-6-10/h1-8H,9H2,(H2,19,20,21). The fourth-order valence-electron chi connectivity index (χ4n) is 1.60. The van der Waals surface area contributed by atoms with E-state index in [1.165, 1.54) is 12.1 Å². The first kappa shape index (κ1) is 14.8. The van der Waals surface area contributed by atoms with E-state index in [0.29, 0.717) is 6.54 Å². The third-order valence-corrected chi connectivity index (χ3v) is 2.67. The van der Waals surface area contributed by atoms with Gasteiger partial charge in [-0.25, -0.2) is 4.79 Å². The van der Waals surface area contributed by atoms with Crippen LogP contribution in [0.2, 0.25) is 0 Å². The van der Waals surface area contributed by atoms with Gasteiger partial charge in [0.15, 0.2) is 0 Å². The zero-order chi connectivity index (χ0) is 15.3. The number of amides is 2. The number of pyridine rings is 1. The van der Waals surface area contributed by atoms with Crippen molar-refractivity contribution < 1.29 is 18.0 Å². The minimum atomic E-state index is -4.39. The van der Waals surface area contributed by atoms with Crippen LogP contribution in [0.5, 0.6) is 0 Å². The van der Waals surface area contributed by atoms with Gasteiger partial charge in [0.1, 0.15) is 0 Å². The second-order valence-electron chi connectivity index (χ2n) is 4.24. The van der Waals surface area contributed by atoms with Crippen LogP contribution in [0, 0.1) is 0 Å². The topological polar surface area (TPSA) is 54.0 Å². The van der Waals surface area contributed by atoms with Crippen LogP contribution in [0.3, 0.4) is 0 Å². The third kappa shape index (κ3) is 4.48. The van der Waals surface area contributed by atoms with E-state index in [1.807, 2.05) is 0 Å². The van der Waals surface area contributed by atoms with Crippen LogP contribution in [-0.4, -0.2) is 11.0 Å². The molecule has 21 heavy (non-hydrogen) atoms. The zero-order valence-corrected chi connectivity index (χ0v) is 10.8. The molecule has 1 aromatic carbocycles. The van der Waals surface area contributed by atoms with E-state index in [0.717, 1.165) is 17.7 Å². The molecule has 1 heterocycles. The number of hydrogen-bond donors (Lipinski definition) is 2. The number of carbonyl (C=O) groups excluding carboxylic acids is 1. The van der Waals surface area contributed by atoms with E-state index in [-0.39, 0.29) is 5.69 Å². The highest BCUT2D eigenvalue weighted by Gasteiger charge is 2.29. The zero-order valence-electron chi connectivity index (χ0n) is 10.8. The smallest absolute Gasteiger partial charge is 0.334 e. The number of halogens is 3. The van der Waals surface area contributed by atoms with Crippen LogP contribution in [0.4, 0.5) is 23.7 Å². The maximum absolute atomic E-state index is 12.4. The van der Waals surface area contributed by atoms with Gasteiger partial charge in [-0.15, -0.1) is 0 Å². The Balaban J connectivity index is 1.88. The van der Waals surface area contributed by atoms with Crippen molar-refractivity contribution in [1.29, 1.82) is 0 Å². The molecular weight excluding hydrogens is 283 g/mol. The Morgan fingerprint density at radius 2 is 1.67 bits per heavy atom. The molecule has 0 radical (unpaired) electrons. The maximum Gasteiger partial charge on any atom is 0.416 e. The molecular formula is C14H12F3N3O. The predicted octanol–water partition coefficient (Wildman–Crippen LogP) is 3.42. The molecule has 0 spiro atoms. The number of hydrogen-bond acceptors (Lipinski definition) is 2. The lowest BCUT2D eigenvalue weighted by molar-refractivity contribution is -0.137. The van der Waals surface area contributed by atoms with Crippen LogP contribution < -0.4 is 10.6 Å². The highest BCUT2D eigenvalue weighted by molar-refractivity contribution is 5.89. The van der Waals surface area contributed by atoms with E-state index in [1.54, 1.807) is 24.5 Å². The molecule has 2 amide bonds. The number of rotatable bonds is 3. The SMILES string of the molecule is O=C(NCc1ccncc1)Nc1ccc(C(F)(F)F)cc1. The van der Waals surface area contributed by atoms with E-state index in [4.69, 9.17) is 0 Å². The van der Waals surface area contributed by atoms with E-state index in [9.17, 15) is 18.0 Å². The predicted molar refractivity (Wildman–Crippen MR) is 71.5 cm³/mol. The maximum atomic E-state index is 12.4. The van der Waals surface area contributed by atoms with E-state index < -0.39 is 17.8 Å². The van der Waals surface area contributed by atoms with Crippen molar-refractivity contribution in [2.45, 2.75) is 12.7 Å². The first-order valence-corrected chi connectivity index (χ1v) is 6.06. The highest BCUT2D eigenvalue weighted by Crippen LogP contribution is 2.29. The second-order valence-corrected chi connectivity index (χ2v) is 4.24. The minimum Gasteiger partial charge on any atom is -0.334 e. The van der Waals surface area contributed by atoms with Gasteiger partial charge in [0.05, 0.1) is 5.56 Å². The molecule has 7 heteroatoms. The summed E-state index contributed by atoms with van der Waals surface area (Å²) < 4.78 is 37.2. The van der Waals surface area contributed by atoms with Gasteiger partial charge in [-0.2, -0.15) is 13.2 Å². The average molecular weight is 295 g/mol. The van der Waals surface area contributed by atoms with Gasteiger partial charge in [-0.05, 0) is 42.0 Å². The molecule has 0 fully saturated rings. The van der Waals surface area contributed by atoms with Gasteiger partial charge < -0.3 is 10.6 Å². The average Bonchev–Trinajstić information content (AvgIpc) is 2.46. The van der Waals surface area contributed by atoms with Crippen molar-refractivity contribution in [3.63, 3.8) is 0 Å². The summed E-state index contributed by atoms with van der Waals surface area (Å²) in [6, 6.07) is 7.24. The first-order valence-electron chi connectivity index (χ1n) is 6.06. The Kier molecular flexibility index (Phi) is 4.42. The Morgan fingerprint density at radius 1 is 1.05 bits per heavy atom. The summed E-state index contributed by atoms with van der Waals surface area (Å²) in [6.07, 6.45) is -1.18. The molecule has 0 saturated heterocycles. The Hall–Kier alpha value is -2.57. The number of aromatic nitrogens is 1.